The molecule has 0 aliphatic rings. The Labute approximate surface area is 134 Å². The fraction of sp³-hybridized carbons (Fsp3) is 0.286. The molecular formula is C14H17ClN2O2S2. The van der Waals surface area contributed by atoms with Crippen molar-refractivity contribution >= 4 is 38.6 Å². The van der Waals surface area contributed by atoms with E-state index in [9.17, 15) is 8.42 Å². The summed E-state index contributed by atoms with van der Waals surface area (Å²) in [7, 11) is -3.61. The molecule has 0 spiro atoms. The molecule has 0 aliphatic heterocycles. The van der Waals surface area contributed by atoms with Gasteiger partial charge in [-0.3, -0.25) is 0 Å². The van der Waals surface area contributed by atoms with Gasteiger partial charge in [0.05, 0.1) is 15.6 Å². The molecule has 0 bridgehead atoms. The molecule has 1 heterocycles. The first-order valence-electron chi connectivity index (χ1n) is 6.46. The third kappa shape index (κ3) is 3.77. The largest absolute Gasteiger partial charge is 0.397 e. The van der Waals surface area contributed by atoms with Gasteiger partial charge in [-0.05, 0) is 43.2 Å². The molecule has 1 aromatic carbocycles. The number of thiophene rings is 1. The molecule has 21 heavy (non-hydrogen) atoms. The summed E-state index contributed by atoms with van der Waals surface area (Å²) in [6, 6.07) is 6.91. The second kappa shape index (κ2) is 6.36. The quantitative estimate of drug-likeness (QED) is 0.817. The predicted molar refractivity (Wildman–Crippen MR) is 88.3 cm³/mol. The molecule has 1 aromatic heterocycles. The Bertz CT molecular complexity index is 754. The maximum Gasteiger partial charge on any atom is 0.241 e. The lowest BCUT2D eigenvalue weighted by Gasteiger charge is -2.10. The fourth-order valence-electron chi connectivity index (χ4n) is 1.91. The lowest BCUT2D eigenvalue weighted by Crippen LogP contribution is -2.23. The van der Waals surface area contributed by atoms with Gasteiger partial charge in [-0.15, -0.1) is 11.3 Å². The third-order valence-electron chi connectivity index (χ3n) is 3.09. The molecule has 0 radical (unpaired) electrons. The van der Waals surface area contributed by atoms with Crippen LogP contribution in [-0.2, 0) is 23.0 Å². The van der Waals surface area contributed by atoms with Crippen molar-refractivity contribution in [2.24, 2.45) is 0 Å². The highest BCUT2D eigenvalue weighted by atomic mass is 35.5. The normalized spacial score (nSPS) is 11.8. The Morgan fingerprint density at radius 3 is 2.57 bits per heavy atom. The summed E-state index contributed by atoms with van der Waals surface area (Å²) in [5, 5.41) is 0.359. The standard InChI is InChI=1S/C14H17ClN2O2S2/c1-3-10-4-5-11(20-10)8-17-21(18,19)14-7-13(16)12(15)6-9(14)2/h4-7,17H,3,8,16H2,1-2H3. The van der Waals surface area contributed by atoms with Gasteiger partial charge in [0.25, 0.3) is 0 Å². The predicted octanol–water partition coefficient (Wildman–Crippen LogP) is 3.33. The van der Waals surface area contributed by atoms with Gasteiger partial charge in [-0.25, -0.2) is 13.1 Å². The van der Waals surface area contributed by atoms with E-state index in [0.29, 0.717) is 10.6 Å². The molecule has 0 aliphatic carbocycles. The Morgan fingerprint density at radius 1 is 1.29 bits per heavy atom. The van der Waals surface area contributed by atoms with Crippen LogP contribution in [0.15, 0.2) is 29.2 Å². The van der Waals surface area contributed by atoms with Crippen molar-refractivity contribution in [1.29, 1.82) is 0 Å². The van der Waals surface area contributed by atoms with E-state index in [2.05, 4.69) is 11.6 Å². The Hall–Kier alpha value is -1.08. The van der Waals surface area contributed by atoms with Crippen molar-refractivity contribution in [2.75, 3.05) is 5.73 Å². The highest BCUT2D eigenvalue weighted by Crippen LogP contribution is 2.26. The molecule has 2 rings (SSSR count). The van der Waals surface area contributed by atoms with Crippen molar-refractivity contribution < 1.29 is 8.42 Å². The number of nitrogen functional groups attached to an aromatic ring is 1. The number of aryl methyl sites for hydroxylation is 2. The van der Waals surface area contributed by atoms with Crippen LogP contribution in [0.25, 0.3) is 0 Å². The molecule has 0 atom stereocenters. The summed E-state index contributed by atoms with van der Waals surface area (Å²) in [5.41, 5.74) is 6.52. The first kappa shape index (κ1) is 16.3. The Morgan fingerprint density at radius 2 is 1.95 bits per heavy atom. The van der Waals surface area contributed by atoms with E-state index in [1.807, 2.05) is 12.1 Å². The van der Waals surface area contributed by atoms with E-state index in [0.717, 1.165) is 11.3 Å². The fourth-order valence-corrected chi connectivity index (χ4v) is 4.38. The summed E-state index contributed by atoms with van der Waals surface area (Å²) in [6.45, 7) is 4.04. The number of benzene rings is 1. The second-order valence-corrected chi connectivity index (χ2v) is 8.08. The number of anilines is 1. The number of rotatable bonds is 5. The molecule has 0 saturated heterocycles. The SMILES string of the molecule is CCc1ccc(CNS(=O)(=O)c2cc(N)c(Cl)cc2C)s1. The molecule has 0 unspecified atom stereocenters. The van der Waals surface area contributed by atoms with E-state index in [1.165, 1.54) is 10.9 Å². The van der Waals surface area contributed by atoms with E-state index in [4.69, 9.17) is 17.3 Å². The van der Waals surface area contributed by atoms with Gasteiger partial charge in [-0.1, -0.05) is 18.5 Å². The zero-order valence-corrected chi connectivity index (χ0v) is 14.2. The van der Waals surface area contributed by atoms with Crippen LogP contribution in [0.1, 0.15) is 22.2 Å². The monoisotopic (exact) mass is 344 g/mol. The number of hydrogen-bond donors (Lipinski definition) is 2. The minimum absolute atomic E-state index is 0.164. The van der Waals surface area contributed by atoms with Crippen LogP contribution in [0.2, 0.25) is 5.02 Å². The van der Waals surface area contributed by atoms with E-state index >= 15 is 0 Å². The average molecular weight is 345 g/mol. The number of nitrogens with two attached hydrogens (primary N) is 1. The van der Waals surface area contributed by atoms with Crippen LogP contribution in [0.5, 0.6) is 0 Å². The molecule has 2 aromatic rings. The number of nitrogens with one attached hydrogen (secondary N) is 1. The molecule has 4 nitrogen and oxygen atoms in total. The van der Waals surface area contributed by atoms with Crippen molar-refractivity contribution in [3.8, 4) is 0 Å². The molecule has 7 heteroatoms. The molecule has 0 amide bonds. The van der Waals surface area contributed by atoms with Crippen LogP contribution in [0.3, 0.4) is 0 Å². The van der Waals surface area contributed by atoms with Gasteiger partial charge >= 0.3 is 0 Å². The third-order valence-corrected chi connectivity index (χ3v) is 6.19. The number of hydrogen-bond acceptors (Lipinski definition) is 4. The van der Waals surface area contributed by atoms with Crippen LogP contribution in [-0.4, -0.2) is 8.42 Å². The van der Waals surface area contributed by atoms with Crippen molar-refractivity contribution in [3.05, 3.63) is 44.6 Å². The first-order chi connectivity index (χ1) is 9.83. The van der Waals surface area contributed by atoms with Crippen LogP contribution in [0.4, 0.5) is 5.69 Å². The lowest BCUT2D eigenvalue weighted by molar-refractivity contribution is 0.581. The number of halogens is 1. The molecule has 0 fully saturated rings. The van der Waals surface area contributed by atoms with E-state index < -0.39 is 10.0 Å². The lowest BCUT2D eigenvalue weighted by atomic mass is 10.2. The van der Waals surface area contributed by atoms with Gasteiger partial charge in [0.15, 0.2) is 0 Å². The highest BCUT2D eigenvalue weighted by molar-refractivity contribution is 7.89. The van der Waals surface area contributed by atoms with Gasteiger partial charge in [0.1, 0.15) is 0 Å². The number of sulfonamides is 1. The Kier molecular flexibility index (Phi) is 4.93. The van der Waals surface area contributed by atoms with Gasteiger partial charge < -0.3 is 5.73 Å². The van der Waals surface area contributed by atoms with Crippen molar-refractivity contribution in [1.82, 2.24) is 4.72 Å². The highest BCUT2D eigenvalue weighted by Gasteiger charge is 2.18. The van der Waals surface area contributed by atoms with Gasteiger partial charge in [-0.2, -0.15) is 0 Å². The summed E-state index contributed by atoms with van der Waals surface area (Å²) in [4.78, 5) is 2.38. The zero-order chi connectivity index (χ0) is 15.6. The van der Waals surface area contributed by atoms with Crippen LogP contribution >= 0.6 is 22.9 Å². The van der Waals surface area contributed by atoms with Crippen molar-refractivity contribution in [2.45, 2.75) is 31.7 Å². The molecule has 0 saturated carbocycles. The molecule has 114 valence electrons. The van der Waals surface area contributed by atoms with Crippen molar-refractivity contribution in [3.63, 3.8) is 0 Å². The smallest absolute Gasteiger partial charge is 0.241 e. The second-order valence-electron chi connectivity index (χ2n) is 4.69. The molecular weight excluding hydrogens is 328 g/mol. The topological polar surface area (TPSA) is 72.2 Å². The van der Waals surface area contributed by atoms with Gasteiger partial charge in [0, 0.05) is 16.3 Å². The van der Waals surface area contributed by atoms with Crippen LogP contribution < -0.4 is 10.5 Å². The van der Waals surface area contributed by atoms with E-state index in [-0.39, 0.29) is 17.1 Å². The Balaban J connectivity index is 2.20. The average Bonchev–Trinajstić information content (AvgIpc) is 2.88. The summed E-state index contributed by atoms with van der Waals surface area (Å²) >= 11 is 7.49. The zero-order valence-electron chi connectivity index (χ0n) is 11.8. The van der Waals surface area contributed by atoms with Crippen LogP contribution in [0, 0.1) is 6.92 Å². The summed E-state index contributed by atoms with van der Waals surface area (Å²) in [6.07, 6.45) is 0.949. The molecule has 3 N–H and O–H groups in total. The maximum atomic E-state index is 12.4. The van der Waals surface area contributed by atoms with Gasteiger partial charge in [0.2, 0.25) is 10.0 Å². The summed E-state index contributed by atoms with van der Waals surface area (Å²) < 4.78 is 27.3. The first-order valence-corrected chi connectivity index (χ1v) is 9.14. The van der Waals surface area contributed by atoms with E-state index in [1.54, 1.807) is 24.3 Å². The minimum Gasteiger partial charge on any atom is -0.397 e. The maximum absolute atomic E-state index is 12.4. The summed E-state index contributed by atoms with van der Waals surface area (Å²) in [5.74, 6) is 0. The minimum atomic E-state index is -3.61.